The molecule has 0 spiro atoms. The summed E-state index contributed by atoms with van der Waals surface area (Å²) in [7, 11) is 0. The monoisotopic (exact) mass is 186 g/mol. The second-order valence-corrected chi connectivity index (χ2v) is 3.97. The molecule has 13 heavy (non-hydrogen) atoms. The first-order valence-corrected chi connectivity index (χ1v) is 5.40. The third-order valence-electron chi connectivity index (χ3n) is 2.69. The van der Waals surface area contributed by atoms with Crippen LogP contribution in [0.3, 0.4) is 0 Å². The summed E-state index contributed by atoms with van der Waals surface area (Å²) in [6.45, 7) is 4.62. The number of piperidine rings is 1. The number of aliphatic hydroxyl groups is 1. The standard InChI is InChI=1S/C10H22N2O/c1-9(5-7-13)12-8-10-4-2-3-6-11-10/h9-13H,2-8H2,1H3. The highest BCUT2D eigenvalue weighted by Crippen LogP contribution is 2.06. The second-order valence-electron chi connectivity index (χ2n) is 3.97. The number of hydrogen-bond acceptors (Lipinski definition) is 3. The van der Waals surface area contributed by atoms with Gasteiger partial charge in [-0.1, -0.05) is 6.42 Å². The van der Waals surface area contributed by atoms with Gasteiger partial charge < -0.3 is 15.7 Å². The topological polar surface area (TPSA) is 44.3 Å². The van der Waals surface area contributed by atoms with Crippen molar-refractivity contribution in [2.24, 2.45) is 0 Å². The van der Waals surface area contributed by atoms with Gasteiger partial charge in [0.25, 0.3) is 0 Å². The minimum absolute atomic E-state index is 0.284. The van der Waals surface area contributed by atoms with E-state index in [4.69, 9.17) is 5.11 Å². The van der Waals surface area contributed by atoms with Crippen LogP contribution >= 0.6 is 0 Å². The summed E-state index contributed by atoms with van der Waals surface area (Å²) in [4.78, 5) is 0. The fraction of sp³-hybridized carbons (Fsp3) is 1.00. The molecule has 3 nitrogen and oxygen atoms in total. The number of aliphatic hydroxyl groups excluding tert-OH is 1. The Morgan fingerprint density at radius 1 is 1.54 bits per heavy atom. The lowest BCUT2D eigenvalue weighted by atomic mass is 10.0. The van der Waals surface area contributed by atoms with E-state index in [1.807, 2.05) is 0 Å². The largest absolute Gasteiger partial charge is 0.396 e. The van der Waals surface area contributed by atoms with Crippen molar-refractivity contribution in [1.29, 1.82) is 0 Å². The zero-order valence-electron chi connectivity index (χ0n) is 8.55. The van der Waals surface area contributed by atoms with E-state index >= 15 is 0 Å². The van der Waals surface area contributed by atoms with Crippen molar-refractivity contribution in [3.05, 3.63) is 0 Å². The van der Waals surface area contributed by atoms with Gasteiger partial charge in [-0.15, -0.1) is 0 Å². The fourth-order valence-electron chi connectivity index (χ4n) is 1.74. The summed E-state index contributed by atoms with van der Waals surface area (Å²) in [6.07, 6.45) is 4.82. The lowest BCUT2D eigenvalue weighted by Crippen LogP contribution is -2.44. The van der Waals surface area contributed by atoms with E-state index in [9.17, 15) is 0 Å². The molecule has 2 atom stereocenters. The molecule has 1 heterocycles. The Kier molecular flexibility index (Phi) is 5.35. The Morgan fingerprint density at radius 3 is 3.00 bits per heavy atom. The van der Waals surface area contributed by atoms with Crippen LogP contribution in [0.2, 0.25) is 0 Å². The Morgan fingerprint density at radius 2 is 2.38 bits per heavy atom. The lowest BCUT2D eigenvalue weighted by Gasteiger charge is -2.25. The maximum Gasteiger partial charge on any atom is 0.0445 e. The molecule has 1 rings (SSSR count). The molecule has 1 aliphatic heterocycles. The zero-order chi connectivity index (χ0) is 9.52. The average molecular weight is 186 g/mol. The van der Waals surface area contributed by atoms with E-state index in [1.54, 1.807) is 0 Å². The molecule has 0 aromatic heterocycles. The third-order valence-corrected chi connectivity index (χ3v) is 2.69. The summed E-state index contributed by atoms with van der Waals surface area (Å²) < 4.78 is 0. The van der Waals surface area contributed by atoms with Crippen molar-refractivity contribution in [3.8, 4) is 0 Å². The molecule has 2 unspecified atom stereocenters. The zero-order valence-corrected chi connectivity index (χ0v) is 8.55. The number of hydrogen-bond donors (Lipinski definition) is 3. The van der Waals surface area contributed by atoms with Crippen LogP contribution in [0, 0.1) is 0 Å². The Balaban J connectivity index is 2.03. The lowest BCUT2D eigenvalue weighted by molar-refractivity contribution is 0.264. The number of rotatable bonds is 5. The molecule has 0 saturated carbocycles. The summed E-state index contributed by atoms with van der Waals surface area (Å²) >= 11 is 0. The van der Waals surface area contributed by atoms with Gasteiger partial charge >= 0.3 is 0 Å². The van der Waals surface area contributed by atoms with Gasteiger partial charge in [0.05, 0.1) is 0 Å². The van der Waals surface area contributed by atoms with Crippen LogP contribution in [0.1, 0.15) is 32.6 Å². The molecule has 0 bridgehead atoms. The first-order chi connectivity index (χ1) is 6.33. The molecule has 1 saturated heterocycles. The predicted molar refractivity (Wildman–Crippen MR) is 54.8 cm³/mol. The summed E-state index contributed by atoms with van der Waals surface area (Å²) in [5.74, 6) is 0. The molecule has 0 radical (unpaired) electrons. The van der Waals surface area contributed by atoms with E-state index in [1.165, 1.54) is 25.8 Å². The third kappa shape index (κ3) is 4.60. The summed E-state index contributed by atoms with van der Waals surface area (Å²) in [6, 6.07) is 1.09. The molecular weight excluding hydrogens is 164 g/mol. The van der Waals surface area contributed by atoms with Gasteiger partial charge in [0.15, 0.2) is 0 Å². The highest BCUT2D eigenvalue weighted by molar-refractivity contribution is 4.75. The van der Waals surface area contributed by atoms with Crippen LogP contribution in [-0.4, -0.2) is 36.9 Å². The minimum atomic E-state index is 0.284. The van der Waals surface area contributed by atoms with Gasteiger partial charge in [0, 0.05) is 25.2 Å². The minimum Gasteiger partial charge on any atom is -0.396 e. The van der Waals surface area contributed by atoms with Gasteiger partial charge in [0.2, 0.25) is 0 Å². The van der Waals surface area contributed by atoms with E-state index < -0.39 is 0 Å². The van der Waals surface area contributed by atoms with Gasteiger partial charge in [0.1, 0.15) is 0 Å². The van der Waals surface area contributed by atoms with Crippen molar-refractivity contribution >= 4 is 0 Å². The molecule has 0 aromatic rings. The van der Waals surface area contributed by atoms with Crippen LogP contribution in [0.25, 0.3) is 0 Å². The van der Waals surface area contributed by atoms with Crippen LogP contribution in [0.5, 0.6) is 0 Å². The maximum absolute atomic E-state index is 8.72. The Bertz CT molecular complexity index is 124. The van der Waals surface area contributed by atoms with E-state index in [0.717, 1.165) is 13.0 Å². The quantitative estimate of drug-likeness (QED) is 0.585. The van der Waals surface area contributed by atoms with Gasteiger partial charge in [-0.05, 0) is 32.7 Å². The fourth-order valence-corrected chi connectivity index (χ4v) is 1.74. The molecule has 0 aliphatic carbocycles. The van der Waals surface area contributed by atoms with Gasteiger partial charge in [-0.3, -0.25) is 0 Å². The molecule has 0 amide bonds. The van der Waals surface area contributed by atoms with Crippen molar-refractivity contribution in [3.63, 3.8) is 0 Å². The molecule has 1 aliphatic rings. The first kappa shape index (κ1) is 11.0. The summed E-state index contributed by atoms with van der Waals surface area (Å²) in [5.41, 5.74) is 0. The highest BCUT2D eigenvalue weighted by Gasteiger charge is 2.12. The smallest absolute Gasteiger partial charge is 0.0445 e. The first-order valence-electron chi connectivity index (χ1n) is 5.40. The molecule has 3 heteroatoms. The molecule has 78 valence electrons. The van der Waals surface area contributed by atoms with Crippen LogP contribution < -0.4 is 10.6 Å². The van der Waals surface area contributed by atoms with Crippen molar-refractivity contribution in [2.75, 3.05) is 19.7 Å². The molecule has 0 aromatic carbocycles. The van der Waals surface area contributed by atoms with Crippen LogP contribution in [0.15, 0.2) is 0 Å². The van der Waals surface area contributed by atoms with Gasteiger partial charge in [-0.2, -0.15) is 0 Å². The van der Waals surface area contributed by atoms with Crippen LogP contribution in [0.4, 0.5) is 0 Å². The normalized spacial score (nSPS) is 25.8. The predicted octanol–water partition coefficient (Wildman–Crippen LogP) is 0.489. The van der Waals surface area contributed by atoms with E-state index in [-0.39, 0.29) is 6.61 Å². The SMILES string of the molecule is CC(CCO)NCC1CCCCN1. The van der Waals surface area contributed by atoms with E-state index in [2.05, 4.69) is 17.6 Å². The molecular formula is C10H22N2O. The van der Waals surface area contributed by atoms with Crippen LogP contribution in [-0.2, 0) is 0 Å². The molecule has 1 fully saturated rings. The Hall–Kier alpha value is -0.120. The number of nitrogens with one attached hydrogen (secondary N) is 2. The average Bonchev–Trinajstić information content (AvgIpc) is 2.17. The highest BCUT2D eigenvalue weighted by atomic mass is 16.3. The Labute approximate surface area is 80.9 Å². The van der Waals surface area contributed by atoms with Crippen molar-refractivity contribution < 1.29 is 5.11 Å². The van der Waals surface area contributed by atoms with Crippen molar-refractivity contribution in [2.45, 2.75) is 44.7 Å². The maximum atomic E-state index is 8.72. The second kappa shape index (κ2) is 6.35. The molecule has 3 N–H and O–H groups in total. The van der Waals surface area contributed by atoms with Crippen molar-refractivity contribution in [1.82, 2.24) is 10.6 Å². The van der Waals surface area contributed by atoms with Gasteiger partial charge in [-0.25, -0.2) is 0 Å². The van der Waals surface area contributed by atoms with E-state index in [0.29, 0.717) is 12.1 Å². The summed E-state index contributed by atoms with van der Waals surface area (Å²) in [5, 5.41) is 15.6.